The van der Waals surface area contributed by atoms with Crippen molar-refractivity contribution in [2.75, 3.05) is 13.2 Å². The molecule has 0 bridgehead atoms. The molecule has 6 heteroatoms. The minimum absolute atomic E-state index is 0.0892. The predicted octanol–water partition coefficient (Wildman–Crippen LogP) is 18.2. The molecule has 1 atom stereocenters. The smallest absolute Gasteiger partial charge is 0.306 e. The Balaban J connectivity index is 4.44. The van der Waals surface area contributed by atoms with Crippen LogP contribution in [0.15, 0.2) is 72.9 Å². The van der Waals surface area contributed by atoms with E-state index in [1.807, 2.05) is 0 Å². The first-order valence-corrected chi connectivity index (χ1v) is 27.5. The van der Waals surface area contributed by atoms with Gasteiger partial charge >= 0.3 is 17.9 Å². The molecule has 0 aliphatic heterocycles. The molecule has 0 radical (unpaired) electrons. The summed E-state index contributed by atoms with van der Waals surface area (Å²) in [5, 5.41) is 0. The van der Waals surface area contributed by atoms with Crippen LogP contribution >= 0.6 is 0 Å². The van der Waals surface area contributed by atoms with Gasteiger partial charge in [0.2, 0.25) is 0 Å². The molecule has 0 rings (SSSR count). The van der Waals surface area contributed by atoms with Gasteiger partial charge < -0.3 is 14.2 Å². The molecule has 374 valence electrons. The van der Waals surface area contributed by atoms with Crippen LogP contribution in [0.4, 0.5) is 0 Å². The molecule has 65 heavy (non-hydrogen) atoms. The van der Waals surface area contributed by atoms with E-state index < -0.39 is 6.10 Å². The van der Waals surface area contributed by atoms with Gasteiger partial charge in [0, 0.05) is 19.3 Å². The van der Waals surface area contributed by atoms with Crippen LogP contribution in [0, 0.1) is 0 Å². The van der Waals surface area contributed by atoms with Crippen LogP contribution in [0.1, 0.15) is 265 Å². The maximum absolute atomic E-state index is 12.8. The zero-order valence-corrected chi connectivity index (χ0v) is 42.7. The van der Waals surface area contributed by atoms with Crippen molar-refractivity contribution in [3.63, 3.8) is 0 Å². The number of allylic oxidation sites excluding steroid dienone is 12. The third-order valence-corrected chi connectivity index (χ3v) is 11.8. The molecule has 0 aliphatic carbocycles. The molecule has 0 saturated heterocycles. The monoisotopic (exact) mass is 907 g/mol. The number of hydrogen-bond donors (Lipinski definition) is 0. The highest BCUT2D eigenvalue weighted by atomic mass is 16.6. The fourth-order valence-corrected chi connectivity index (χ4v) is 7.62. The summed E-state index contributed by atoms with van der Waals surface area (Å²) >= 11 is 0. The first-order chi connectivity index (χ1) is 32.0. The van der Waals surface area contributed by atoms with Gasteiger partial charge in [0.05, 0.1) is 0 Å². The molecule has 0 saturated carbocycles. The summed E-state index contributed by atoms with van der Waals surface area (Å²) in [6, 6.07) is 0. The van der Waals surface area contributed by atoms with Crippen molar-refractivity contribution in [3.8, 4) is 0 Å². The van der Waals surface area contributed by atoms with E-state index in [1.54, 1.807) is 0 Å². The van der Waals surface area contributed by atoms with E-state index in [9.17, 15) is 14.4 Å². The number of carbonyl (C=O) groups is 3. The van der Waals surface area contributed by atoms with Crippen molar-refractivity contribution in [3.05, 3.63) is 72.9 Å². The zero-order valence-electron chi connectivity index (χ0n) is 42.7. The first kappa shape index (κ1) is 61.9. The molecule has 0 fully saturated rings. The predicted molar refractivity (Wildman–Crippen MR) is 279 cm³/mol. The first-order valence-electron chi connectivity index (χ1n) is 27.5. The zero-order chi connectivity index (χ0) is 47.2. The number of rotatable bonds is 49. The van der Waals surface area contributed by atoms with Crippen molar-refractivity contribution in [1.29, 1.82) is 0 Å². The lowest BCUT2D eigenvalue weighted by atomic mass is 10.1. The fourth-order valence-electron chi connectivity index (χ4n) is 7.62. The molecule has 0 aromatic rings. The van der Waals surface area contributed by atoms with Crippen LogP contribution in [-0.2, 0) is 28.6 Å². The lowest BCUT2D eigenvalue weighted by Gasteiger charge is -2.18. The van der Waals surface area contributed by atoms with Crippen molar-refractivity contribution in [2.45, 2.75) is 271 Å². The van der Waals surface area contributed by atoms with Crippen LogP contribution in [0.2, 0.25) is 0 Å². The summed E-state index contributed by atoms with van der Waals surface area (Å²) in [6.45, 7) is 6.57. The Kier molecular flexibility index (Phi) is 50.9. The summed E-state index contributed by atoms with van der Waals surface area (Å²) in [6.07, 6.45) is 67.4. The second kappa shape index (κ2) is 53.5. The van der Waals surface area contributed by atoms with Crippen molar-refractivity contribution < 1.29 is 28.6 Å². The Labute approximate surface area is 402 Å². The normalized spacial score (nSPS) is 12.6. The van der Waals surface area contributed by atoms with E-state index in [1.165, 1.54) is 122 Å². The average Bonchev–Trinajstić information content (AvgIpc) is 3.30. The molecule has 0 aromatic carbocycles. The van der Waals surface area contributed by atoms with Gasteiger partial charge in [-0.3, -0.25) is 14.4 Å². The Morgan fingerprint density at radius 3 is 0.846 bits per heavy atom. The largest absolute Gasteiger partial charge is 0.462 e. The van der Waals surface area contributed by atoms with Crippen molar-refractivity contribution >= 4 is 17.9 Å². The lowest BCUT2D eigenvalue weighted by Crippen LogP contribution is -2.30. The van der Waals surface area contributed by atoms with Gasteiger partial charge in [-0.15, -0.1) is 0 Å². The molecular weight excluding hydrogens is 805 g/mol. The molecule has 0 aliphatic rings. The standard InChI is InChI=1S/C59H102O6/c1-4-7-10-13-16-19-22-24-26-28-30-32-34-37-40-43-46-49-52-58(61)64-55-56(54-63-57(60)51-48-45-42-39-36-21-18-15-12-9-6-3)65-59(62)53-50-47-44-41-38-35-33-31-29-27-25-23-20-17-14-11-8-5-2/h22-33,56H,4-21,34-55H2,1-3H3/b24-22-,25-23-,28-26-,29-27-,32-30-,33-31-. The van der Waals surface area contributed by atoms with Gasteiger partial charge in [-0.2, -0.15) is 0 Å². The Hall–Kier alpha value is -3.15. The van der Waals surface area contributed by atoms with E-state index in [4.69, 9.17) is 14.2 Å². The summed E-state index contributed by atoms with van der Waals surface area (Å²) in [5.41, 5.74) is 0. The number of esters is 3. The van der Waals surface area contributed by atoms with Crippen LogP contribution in [-0.4, -0.2) is 37.2 Å². The molecule has 0 heterocycles. The molecule has 0 aromatic heterocycles. The quantitative estimate of drug-likeness (QED) is 0.0262. The summed E-state index contributed by atoms with van der Waals surface area (Å²) in [5.74, 6) is -0.925. The van der Waals surface area contributed by atoms with E-state index >= 15 is 0 Å². The van der Waals surface area contributed by atoms with Gasteiger partial charge in [-0.05, 0) is 70.6 Å². The summed E-state index contributed by atoms with van der Waals surface area (Å²) < 4.78 is 16.8. The van der Waals surface area contributed by atoms with E-state index in [-0.39, 0.29) is 31.1 Å². The van der Waals surface area contributed by atoms with Crippen LogP contribution in [0.5, 0.6) is 0 Å². The molecule has 6 nitrogen and oxygen atoms in total. The van der Waals surface area contributed by atoms with E-state index in [0.29, 0.717) is 19.3 Å². The molecule has 0 amide bonds. The third kappa shape index (κ3) is 51.7. The second-order valence-corrected chi connectivity index (χ2v) is 18.3. The SMILES string of the molecule is CCCCCCC\C=C/C=C\C=C/CCCCCCCC(=O)OCC(COC(=O)CCCCCCCCCCCCC)OC(=O)CCCCCCC\C=C/C=C\C=C/CCCCCCC. The summed E-state index contributed by atoms with van der Waals surface area (Å²) in [7, 11) is 0. The van der Waals surface area contributed by atoms with Gasteiger partial charge in [0.1, 0.15) is 13.2 Å². The number of ether oxygens (including phenoxy) is 3. The number of unbranched alkanes of at least 4 members (excludes halogenated alkanes) is 30. The molecule has 1 unspecified atom stereocenters. The molecular formula is C59H102O6. The maximum atomic E-state index is 12.8. The Bertz CT molecular complexity index is 1230. The van der Waals surface area contributed by atoms with Crippen molar-refractivity contribution in [2.24, 2.45) is 0 Å². The van der Waals surface area contributed by atoms with E-state index in [2.05, 4.69) is 93.7 Å². The number of carbonyl (C=O) groups excluding carboxylic acids is 3. The highest BCUT2D eigenvalue weighted by Gasteiger charge is 2.19. The van der Waals surface area contributed by atoms with E-state index in [0.717, 1.165) is 103 Å². The average molecular weight is 907 g/mol. The lowest BCUT2D eigenvalue weighted by molar-refractivity contribution is -0.167. The highest BCUT2D eigenvalue weighted by Crippen LogP contribution is 2.14. The van der Waals surface area contributed by atoms with Crippen molar-refractivity contribution in [1.82, 2.24) is 0 Å². The van der Waals surface area contributed by atoms with Crippen LogP contribution < -0.4 is 0 Å². The van der Waals surface area contributed by atoms with Gasteiger partial charge in [0.25, 0.3) is 0 Å². The van der Waals surface area contributed by atoms with Gasteiger partial charge in [-0.1, -0.05) is 248 Å². The van der Waals surface area contributed by atoms with Gasteiger partial charge in [-0.25, -0.2) is 0 Å². The number of hydrogen-bond acceptors (Lipinski definition) is 6. The Morgan fingerprint density at radius 1 is 0.308 bits per heavy atom. The minimum atomic E-state index is -0.793. The fraction of sp³-hybridized carbons (Fsp3) is 0.746. The van der Waals surface area contributed by atoms with Crippen LogP contribution in [0.25, 0.3) is 0 Å². The third-order valence-electron chi connectivity index (χ3n) is 11.8. The van der Waals surface area contributed by atoms with Gasteiger partial charge in [0.15, 0.2) is 6.10 Å². The highest BCUT2D eigenvalue weighted by molar-refractivity contribution is 5.71. The topological polar surface area (TPSA) is 78.9 Å². The minimum Gasteiger partial charge on any atom is -0.462 e. The maximum Gasteiger partial charge on any atom is 0.306 e. The molecule has 0 N–H and O–H groups in total. The van der Waals surface area contributed by atoms with Crippen LogP contribution in [0.3, 0.4) is 0 Å². The summed E-state index contributed by atoms with van der Waals surface area (Å²) in [4.78, 5) is 38.0. The molecule has 0 spiro atoms. The second-order valence-electron chi connectivity index (χ2n) is 18.3. The Morgan fingerprint density at radius 2 is 0.554 bits per heavy atom.